The van der Waals surface area contributed by atoms with Gasteiger partial charge in [-0.25, -0.2) is 0 Å². The molecule has 0 spiro atoms. The zero-order chi connectivity index (χ0) is 11.4. The summed E-state index contributed by atoms with van der Waals surface area (Å²) in [5.74, 6) is 0. The molecule has 3 heteroatoms. The highest BCUT2D eigenvalue weighted by atomic mass is 32.1. The van der Waals surface area contributed by atoms with E-state index in [0.717, 1.165) is 12.2 Å². The highest BCUT2D eigenvalue weighted by Crippen LogP contribution is 2.18. The van der Waals surface area contributed by atoms with Crippen molar-refractivity contribution in [3.8, 4) is 0 Å². The van der Waals surface area contributed by atoms with Gasteiger partial charge < -0.3 is 5.32 Å². The van der Waals surface area contributed by atoms with Crippen LogP contribution in [-0.2, 0) is 6.54 Å². The normalized spacial score (nSPS) is 12.6. The van der Waals surface area contributed by atoms with Crippen LogP contribution in [0.15, 0.2) is 35.8 Å². The topological polar surface area (TPSA) is 24.9 Å². The highest BCUT2D eigenvalue weighted by Gasteiger charge is 2.05. The average Bonchev–Trinajstić information content (AvgIpc) is 2.81. The first-order chi connectivity index (χ1) is 7.75. The van der Waals surface area contributed by atoms with Gasteiger partial charge in [0.05, 0.1) is 0 Å². The molecule has 16 heavy (non-hydrogen) atoms. The molecule has 1 atom stereocenters. The van der Waals surface area contributed by atoms with Gasteiger partial charge in [-0.3, -0.25) is 4.98 Å². The minimum absolute atomic E-state index is 0.404. The molecule has 2 nitrogen and oxygen atoms in total. The SMILES string of the molecule is Cc1ccc(CN[C@H](C)c2cccs2)cn1. The number of rotatable bonds is 4. The van der Waals surface area contributed by atoms with E-state index in [2.05, 4.69) is 40.8 Å². The molecular weight excluding hydrogens is 216 g/mol. The molecule has 2 aromatic rings. The lowest BCUT2D eigenvalue weighted by atomic mass is 10.2. The van der Waals surface area contributed by atoms with Crippen LogP contribution in [0.5, 0.6) is 0 Å². The first kappa shape index (κ1) is 11.3. The summed E-state index contributed by atoms with van der Waals surface area (Å²) in [4.78, 5) is 5.66. The Balaban J connectivity index is 1.90. The molecule has 0 unspecified atom stereocenters. The third-order valence-electron chi connectivity index (χ3n) is 2.55. The summed E-state index contributed by atoms with van der Waals surface area (Å²) in [6, 6.07) is 8.83. The third-order valence-corrected chi connectivity index (χ3v) is 3.61. The lowest BCUT2D eigenvalue weighted by Crippen LogP contribution is -2.17. The van der Waals surface area contributed by atoms with Gasteiger partial charge in [-0.1, -0.05) is 12.1 Å². The number of aryl methyl sites for hydroxylation is 1. The van der Waals surface area contributed by atoms with Gasteiger partial charge in [0.15, 0.2) is 0 Å². The van der Waals surface area contributed by atoms with Crippen molar-refractivity contribution in [2.45, 2.75) is 26.4 Å². The van der Waals surface area contributed by atoms with E-state index in [1.807, 2.05) is 19.2 Å². The van der Waals surface area contributed by atoms with E-state index >= 15 is 0 Å². The molecule has 0 aromatic carbocycles. The van der Waals surface area contributed by atoms with Crippen molar-refractivity contribution in [3.05, 3.63) is 52.0 Å². The highest BCUT2D eigenvalue weighted by molar-refractivity contribution is 7.10. The Bertz CT molecular complexity index is 420. The fourth-order valence-corrected chi connectivity index (χ4v) is 2.27. The molecule has 0 aliphatic rings. The van der Waals surface area contributed by atoms with E-state index < -0.39 is 0 Å². The van der Waals surface area contributed by atoms with Gasteiger partial charge in [-0.05, 0) is 36.9 Å². The monoisotopic (exact) mass is 232 g/mol. The number of nitrogens with zero attached hydrogens (tertiary/aromatic N) is 1. The van der Waals surface area contributed by atoms with Crippen molar-refractivity contribution in [3.63, 3.8) is 0 Å². The summed E-state index contributed by atoms with van der Waals surface area (Å²) in [6.07, 6.45) is 1.93. The molecule has 0 aliphatic heterocycles. The summed E-state index contributed by atoms with van der Waals surface area (Å²) in [5, 5.41) is 5.60. The van der Waals surface area contributed by atoms with Crippen LogP contribution < -0.4 is 5.32 Å². The van der Waals surface area contributed by atoms with E-state index in [9.17, 15) is 0 Å². The zero-order valence-electron chi connectivity index (χ0n) is 9.60. The Kier molecular flexibility index (Phi) is 3.70. The molecule has 0 saturated carbocycles. The van der Waals surface area contributed by atoms with Crippen LogP contribution in [0.4, 0.5) is 0 Å². The molecule has 0 radical (unpaired) electrons. The number of aromatic nitrogens is 1. The van der Waals surface area contributed by atoms with Gasteiger partial charge in [0.1, 0.15) is 0 Å². The van der Waals surface area contributed by atoms with Crippen molar-refractivity contribution >= 4 is 11.3 Å². The van der Waals surface area contributed by atoms with Crippen LogP contribution in [0, 0.1) is 6.92 Å². The Morgan fingerprint density at radius 3 is 2.88 bits per heavy atom. The minimum atomic E-state index is 0.404. The van der Waals surface area contributed by atoms with Crippen LogP contribution in [-0.4, -0.2) is 4.98 Å². The molecule has 2 rings (SSSR count). The Labute approximate surface area is 100 Å². The van der Waals surface area contributed by atoms with E-state index in [-0.39, 0.29) is 0 Å². The van der Waals surface area contributed by atoms with Gasteiger partial charge in [0.25, 0.3) is 0 Å². The minimum Gasteiger partial charge on any atom is -0.305 e. The Morgan fingerprint density at radius 2 is 2.25 bits per heavy atom. The molecule has 1 N–H and O–H groups in total. The predicted octanol–water partition coefficient (Wildman–Crippen LogP) is 3.30. The smallest absolute Gasteiger partial charge is 0.0388 e. The maximum atomic E-state index is 4.28. The molecular formula is C13H16N2S. The zero-order valence-corrected chi connectivity index (χ0v) is 10.4. The van der Waals surface area contributed by atoms with Gasteiger partial charge in [0, 0.05) is 29.4 Å². The fourth-order valence-electron chi connectivity index (χ4n) is 1.51. The van der Waals surface area contributed by atoms with Crippen LogP contribution in [0.3, 0.4) is 0 Å². The lowest BCUT2D eigenvalue weighted by molar-refractivity contribution is 0.582. The van der Waals surface area contributed by atoms with Gasteiger partial charge in [0.2, 0.25) is 0 Å². The second-order valence-electron chi connectivity index (χ2n) is 3.93. The molecule has 2 heterocycles. The molecule has 84 valence electrons. The summed E-state index contributed by atoms with van der Waals surface area (Å²) in [6.45, 7) is 5.06. The number of hydrogen-bond donors (Lipinski definition) is 1. The standard InChI is InChI=1S/C13H16N2S/c1-10-5-6-12(8-14-10)9-15-11(2)13-4-3-7-16-13/h3-8,11,15H,9H2,1-2H3/t11-/m1/s1. The first-order valence-corrected chi connectivity index (χ1v) is 6.32. The van der Waals surface area contributed by atoms with Crippen molar-refractivity contribution in [1.82, 2.24) is 10.3 Å². The maximum Gasteiger partial charge on any atom is 0.0388 e. The molecule has 0 aliphatic carbocycles. The number of nitrogens with one attached hydrogen (secondary N) is 1. The van der Waals surface area contributed by atoms with Crippen molar-refractivity contribution in [2.24, 2.45) is 0 Å². The van der Waals surface area contributed by atoms with Crippen LogP contribution in [0.1, 0.15) is 29.1 Å². The molecule has 0 fully saturated rings. The average molecular weight is 232 g/mol. The first-order valence-electron chi connectivity index (χ1n) is 5.44. The third kappa shape index (κ3) is 2.90. The van der Waals surface area contributed by atoms with Gasteiger partial charge >= 0.3 is 0 Å². The molecule has 0 bridgehead atoms. The van der Waals surface area contributed by atoms with E-state index in [0.29, 0.717) is 6.04 Å². The van der Waals surface area contributed by atoms with E-state index in [1.165, 1.54) is 10.4 Å². The van der Waals surface area contributed by atoms with Crippen LogP contribution in [0.2, 0.25) is 0 Å². The van der Waals surface area contributed by atoms with Crippen molar-refractivity contribution in [1.29, 1.82) is 0 Å². The van der Waals surface area contributed by atoms with Crippen molar-refractivity contribution < 1.29 is 0 Å². The summed E-state index contributed by atoms with van der Waals surface area (Å²) < 4.78 is 0. The number of thiophene rings is 1. The second kappa shape index (κ2) is 5.23. The predicted molar refractivity (Wildman–Crippen MR) is 68.5 cm³/mol. The maximum absolute atomic E-state index is 4.28. The second-order valence-corrected chi connectivity index (χ2v) is 4.91. The summed E-state index contributed by atoms with van der Waals surface area (Å²) in [7, 11) is 0. The Morgan fingerprint density at radius 1 is 1.38 bits per heavy atom. The van der Waals surface area contributed by atoms with Crippen LogP contribution in [0.25, 0.3) is 0 Å². The summed E-state index contributed by atoms with van der Waals surface area (Å²) in [5.41, 5.74) is 2.30. The molecule has 0 saturated heterocycles. The van der Waals surface area contributed by atoms with Gasteiger partial charge in [-0.2, -0.15) is 0 Å². The number of hydrogen-bond acceptors (Lipinski definition) is 3. The van der Waals surface area contributed by atoms with Crippen LogP contribution >= 0.6 is 11.3 Å². The van der Waals surface area contributed by atoms with Crippen molar-refractivity contribution in [2.75, 3.05) is 0 Å². The number of pyridine rings is 1. The molecule has 2 aromatic heterocycles. The van der Waals surface area contributed by atoms with E-state index in [1.54, 1.807) is 11.3 Å². The van der Waals surface area contributed by atoms with Gasteiger partial charge in [-0.15, -0.1) is 11.3 Å². The molecule has 0 amide bonds. The quantitative estimate of drug-likeness (QED) is 0.875. The summed E-state index contributed by atoms with van der Waals surface area (Å²) >= 11 is 1.79. The van der Waals surface area contributed by atoms with E-state index in [4.69, 9.17) is 0 Å². The Hall–Kier alpha value is -1.19. The fraction of sp³-hybridized carbons (Fsp3) is 0.308. The lowest BCUT2D eigenvalue weighted by Gasteiger charge is -2.11. The largest absolute Gasteiger partial charge is 0.305 e.